The van der Waals surface area contributed by atoms with Crippen molar-refractivity contribution in [1.29, 1.82) is 0 Å². The van der Waals surface area contributed by atoms with Crippen molar-refractivity contribution >= 4 is 11.9 Å². The van der Waals surface area contributed by atoms with Gasteiger partial charge in [-0.15, -0.1) is 0 Å². The SMILES string of the molecule is C[C@H]1[C@H](O)CN1c1nc(-c2ccc3c(c2)COC[C@]32CCC(=O)N2)c2c(n1)C(F)(F)CC2. The molecule has 2 fully saturated rings. The summed E-state index contributed by atoms with van der Waals surface area (Å²) < 4.78 is 35.1. The molecule has 7 nitrogen and oxygen atoms in total. The summed E-state index contributed by atoms with van der Waals surface area (Å²) in [6.45, 7) is 2.98. The number of carbonyl (C=O) groups is 1. The van der Waals surface area contributed by atoms with Crippen molar-refractivity contribution in [2.45, 2.75) is 62.8 Å². The molecule has 0 radical (unpaired) electrons. The molecule has 1 spiro atoms. The number of halogens is 2. The van der Waals surface area contributed by atoms with Crippen molar-refractivity contribution in [2.75, 3.05) is 18.1 Å². The summed E-state index contributed by atoms with van der Waals surface area (Å²) in [5, 5.41) is 13.0. The highest BCUT2D eigenvalue weighted by atomic mass is 19.3. The highest BCUT2D eigenvalue weighted by Gasteiger charge is 2.46. The predicted molar refractivity (Wildman–Crippen MR) is 111 cm³/mol. The van der Waals surface area contributed by atoms with Crippen LogP contribution in [0.15, 0.2) is 18.2 Å². The van der Waals surface area contributed by atoms with Gasteiger partial charge in [-0.25, -0.2) is 9.97 Å². The van der Waals surface area contributed by atoms with Crippen LogP contribution in [0, 0.1) is 0 Å². The van der Waals surface area contributed by atoms with Crippen LogP contribution in [0.4, 0.5) is 14.7 Å². The molecule has 168 valence electrons. The molecule has 1 aromatic heterocycles. The number of hydrogen-bond acceptors (Lipinski definition) is 6. The lowest BCUT2D eigenvalue weighted by molar-refractivity contribution is -0.120. The molecule has 2 aromatic rings. The highest BCUT2D eigenvalue weighted by molar-refractivity contribution is 5.80. The van der Waals surface area contributed by atoms with E-state index in [4.69, 9.17) is 9.72 Å². The van der Waals surface area contributed by atoms with Gasteiger partial charge in [-0.2, -0.15) is 8.78 Å². The zero-order valence-electron chi connectivity index (χ0n) is 17.7. The molecule has 0 saturated carbocycles. The third-order valence-electron chi connectivity index (χ3n) is 7.38. The zero-order chi connectivity index (χ0) is 22.3. The molecule has 2 N–H and O–H groups in total. The molecule has 1 aliphatic carbocycles. The van der Waals surface area contributed by atoms with Gasteiger partial charge in [0.2, 0.25) is 11.9 Å². The molecule has 9 heteroatoms. The normalized spacial score (nSPS) is 30.1. The first-order valence-corrected chi connectivity index (χ1v) is 11.0. The number of aliphatic hydroxyl groups excluding tert-OH is 1. The Morgan fingerprint density at radius 1 is 1.25 bits per heavy atom. The minimum Gasteiger partial charge on any atom is -0.389 e. The smallest absolute Gasteiger partial charge is 0.290 e. The van der Waals surface area contributed by atoms with Crippen molar-refractivity contribution in [2.24, 2.45) is 0 Å². The summed E-state index contributed by atoms with van der Waals surface area (Å²) in [5.41, 5.74) is 2.95. The highest BCUT2D eigenvalue weighted by Crippen LogP contribution is 2.46. The van der Waals surface area contributed by atoms with Crippen LogP contribution in [0.3, 0.4) is 0 Å². The maximum Gasteiger partial charge on any atom is 0.290 e. The average Bonchev–Trinajstić information content (AvgIpc) is 3.30. The Kier molecular flexibility index (Phi) is 4.17. The van der Waals surface area contributed by atoms with Gasteiger partial charge in [0.05, 0.1) is 36.6 Å². The van der Waals surface area contributed by atoms with Gasteiger partial charge in [-0.3, -0.25) is 4.79 Å². The van der Waals surface area contributed by atoms with Crippen molar-refractivity contribution in [3.63, 3.8) is 0 Å². The fourth-order valence-corrected chi connectivity index (χ4v) is 5.40. The van der Waals surface area contributed by atoms with Crippen molar-refractivity contribution in [3.8, 4) is 11.3 Å². The number of amides is 1. The van der Waals surface area contributed by atoms with Crippen LogP contribution in [0.1, 0.15) is 48.6 Å². The second-order valence-electron chi connectivity index (χ2n) is 9.36. The second-order valence-corrected chi connectivity index (χ2v) is 9.36. The van der Waals surface area contributed by atoms with E-state index >= 15 is 0 Å². The summed E-state index contributed by atoms with van der Waals surface area (Å²) in [6.07, 6.45) is 0.544. The Hall–Kier alpha value is -2.65. The maximum absolute atomic E-state index is 14.7. The van der Waals surface area contributed by atoms with Crippen molar-refractivity contribution < 1.29 is 23.4 Å². The number of fused-ring (bicyclic) bond motifs is 3. The lowest BCUT2D eigenvalue weighted by atomic mass is 9.83. The molecule has 4 heterocycles. The number of aliphatic hydroxyl groups is 1. The molecule has 1 aromatic carbocycles. The molecule has 0 bridgehead atoms. The van der Waals surface area contributed by atoms with Crippen LogP contribution in [0.25, 0.3) is 11.3 Å². The van der Waals surface area contributed by atoms with Crippen LogP contribution in [-0.4, -0.2) is 46.3 Å². The minimum absolute atomic E-state index is 0.0110. The van der Waals surface area contributed by atoms with Crippen LogP contribution in [0.5, 0.6) is 0 Å². The predicted octanol–water partition coefficient (Wildman–Crippen LogP) is 2.39. The molecule has 0 unspecified atom stereocenters. The fourth-order valence-electron chi connectivity index (χ4n) is 5.40. The number of β-amino-alcohol motifs (C(OH)–C–C–N with tert-alkyl or cyclic N) is 1. The third-order valence-corrected chi connectivity index (χ3v) is 7.38. The first-order chi connectivity index (χ1) is 15.3. The quantitative estimate of drug-likeness (QED) is 0.743. The molecule has 2 saturated heterocycles. The summed E-state index contributed by atoms with van der Waals surface area (Å²) in [5.74, 6) is -2.76. The number of anilines is 1. The van der Waals surface area contributed by atoms with E-state index in [1.807, 2.05) is 25.1 Å². The van der Waals surface area contributed by atoms with Gasteiger partial charge in [0.15, 0.2) is 0 Å². The van der Waals surface area contributed by atoms with E-state index in [1.54, 1.807) is 4.90 Å². The lowest BCUT2D eigenvalue weighted by Crippen LogP contribution is -2.59. The standard InChI is InChI=1S/C23H24F2N4O3/c1-12-17(30)9-29(12)21-26-19(15-4-7-23(24,25)20(15)27-21)13-2-3-16-14(8-13)10-32-11-22(16)6-5-18(31)28-22/h2-3,8,12,17,30H,4-7,9-11H2,1H3,(H,28,31)/t12-,17+,22+/m0/s1. The number of nitrogens with one attached hydrogen (secondary N) is 1. The van der Waals surface area contributed by atoms with E-state index in [1.165, 1.54) is 0 Å². The first-order valence-electron chi connectivity index (χ1n) is 11.0. The summed E-state index contributed by atoms with van der Waals surface area (Å²) in [6, 6.07) is 5.58. The van der Waals surface area contributed by atoms with Crippen molar-refractivity contribution in [1.82, 2.24) is 15.3 Å². The number of rotatable bonds is 2. The molecular formula is C23H24F2N4O3. The number of ether oxygens (including phenoxy) is 1. The van der Waals surface area contributed by atoms with Crippen LogP contribution in [-0.2, 0) is 34.0 Å². The number of aromatic nitrogens is 2. The number of benzene rings is 1. The van der Waals surface area contributed by atoms with E-state index in [2.05, 4.69) is 10.3 Å². The average molecular weight is 442 g/mol. The van der Waals surface area contributed by atoms with Gasteiger partial charge in [-0.05, 0) is 37.0 Å². The lowest BCUT2D eigenvalue weighted by Gasteiger charge is -2.43. The Labute approximate surface area is 183 Å². The van der Waals surface area contributed by atoms with E-state index in [-0.39, 0.29) is 36.4 Å². The largest absolute Gasteiger partial charge is 0.389 e. The number of nitrogens with zero attached hydrogens (tertiary/aromatic N) is 3. The molecule has 3 atom stereocenters. The number of hydrogen-bond donors (Lipinski definition) is 2. The van der Waals surface area contributed by atoms with Crippen molar-refractivity contribution in [3.05, 3.63) is 40.6 Å². The van der Waals surface area contributed by atoms with E-state index in [0.29, 0.717) is 43.9 Å². The summed E-state index contributed by atoms with van der Waals surface area (Å²) in [4.78, 5) is 22.6. The maximum atomic E-state index is 14.7. The number of alkyl halides is 2. The zero-order valence-corrected chi connectivity index (χ0v) is 17.7. The van der Waals surface area contributed by atoms with Crippen LogP contribution in [0.2, 0.25) is 0 Å². The van der Waals surface area contributed by atoms with Gasteiger partial charge in [0, 0.05) is 30.5 Å². The molecule has 1 amide bonds. The van der Waals surface area contributed by atoms with Gasteiger partial charge in [0.25, 0.3) is 5.92 Å². The van der Waals surface area contributed by atoms with Crippen LogP contribution >= 0.6 is 0 Å². The minimum atomic E-state index is -3.00. The Morgan fingerprint density at radius 3 is 2.81 bits per heavy atom. The molecular weight excluding hydrogens is 418 g/mol. The fraction of sp³-hybridized carbons (Fsp3) is 0.522. The van der Waals surface area contributed by atoms with E-state index in [9.17, 15) is 18.7 Å². The second kappa shape index (κ2) is 6.68. The Balaban J connectivity index is 1.46. The summed E-state index contributed by atoms with van der Waals surface area (Å²) >= 11 is 0. The van der Waals surface area contributed by atoms with E-state index in [0.717, 1.165) is 16.7 Å². The van der Waals surface area contributed by atoms with Gasteiger partial charge in [0.1, 0.15) is 5.69 Å². The third kappa shape index (κ3) is 2.80. The summed E-state index contributed by atoms with van der Waals surface area (Å²) in [7, 11) is 0. The molecule has 32 heavy (non-hydrogen) atoms. The van der Waals surface area contributed by atoms with Gasteiger partial charge in [-0.1, -0.05) is 12.1 Å². The van der Waals surface area contributed by atoms with Gasteiger partial charge < -0.3 is 20.1 Å². The monoisotopic (exact) mass is 442 g/mol. The molecule has 4 aliphatic rings. The van der Waals surface area contributed by atoms with Gasteiger partial charge >= 0.3 is 0 Å². The Morgan fingerprint density at radius 2 is 2.09 bits per heavy atom. The molecule has 6 rings (SSSR count). The Bertz CT molecular complexity index is 1140. The topological polar surface area (TPSA) is 87.6 Å². The van der Waals surface area contributed by atoms with E-state index < -0.39 is 17.6 Å². The first kappa shape index (κ1) is 20.0. The van der Waals surface area contributed by atoms with Crippen LogP contribution < -0.4 is 10.2 Å². The number of carbonyl (C=O) groups excluding carboxylic acids is 1. The molecule has 3 aliphatic heterocycles.